The van der Waals surface area contributed by atoms with E-state index in [1.807, 2.05) is 42.5 Å². The summed E-state index contributed by atoms with van der Waals surface area (Å²) in [6.45, 7) is 0. The summed E-state index contributed by atoms with van der Waals surface area (Å²) in [7, 11) is 0. The first-order valence-electron chi connectivity index (χ1n) is 7.45. The molecule has 2 aromatic carbocycles. The van der Waals surface area contributed by atoms with E-state index in [2.05, 4.69) is 0 Å². The minimum atomic E-state index is -1.15. The molecule has 2 aromatic rings. The van der Waals surface area contributed by atoms with Gasteiger partial charge in [-0.25, -0.2) is 0 Å². The molecule has 1 aliphatic rings. The normalized spacial score (nSPS) is 18.6. The molecule has 104 valence electrons. The van der Waals surface area contributed by atoms with Gasteiger partial charge in [0, 0.05) is 5.56 Å². The number of carbonyl (C=O) groups excluding carboxylic acids is 1. The Kier molecular flexibility index (Phi) is 3.58. The highest BCUT2D eigenvalue weighted by Gasteiger charge is 2.36. The molecular formula is C18H20O2. The van der Waals surface area contributed by atoms with Crippen molar-refractivity contribution in [3.05, 3.63) is 48.0 Å². The summed E-state index contributed by atoms with van der Waals surface area (Å²) in [5.41, 5.74) is -0.521. The Hall–Kier alpha value is -1.67. The second kappa shape index (κ2) is 5.37. The molecule has 0 spiro atoms. The van der Waals surface area contributed by atoms with Crippen molar-refractivity contribution in [2.45, 2.75) is 44.1 Å². The molecule has 0 unspecified atom stereocenters. The summed E-state index contributed by atoms with van der Waals surface area (Å²) < 4.78 is 0. The van der Waals surface area contributed by atoms with E-state index < -0.39 is 5.60 Å². The molecule has 0 aromatic heterocycles. The predicted octanol–water partition coefficient (Wildman–Crippen LogP) is 4.11. The topological polar surface area (TPSA) is 37.3 Å². The second-order valence-electron chi connectivity index (χ2n) is 5.84. The van der Waals surface area contributed by atoms with E-state index in [0.29, 0.717) is 18.4 Å². The zero-order valence-corrected chi connectivity index (χ0v) is 11.6. The third-order valence-electron chi connectivity index (χ3n) is 4.37. The van der Waals surface area contributed by atoms with Crippen molar-refractivity contribution in [2.75, 3.05) is 0 Å². The fourth-order valence-electron chi connectivity index (χ4n) is 3.14. The molecule has 1 fully saturated rings. The summed E-state index contributed by atoms with van der Waals surface area (Å²) in [5, 5.41) is 12.9. The lowest BCUT2D eigenvalue weighted by Crippen LogP contribution is -2.38. The zero-order chi connectivity index (χ0) is 14.0. The minimum absolute atomic E-state index is 0.106. The van der Waals surface area contributed by atoms with E-state index in [1.54, 1.807) is 0 Å². The SMILES string of the molecule is O=C(c1ccc2ccccc2c1)C1(O)CCCCCC1. The first kappa shape index (κ1) is 13.3. The highest BCUT2D eigenvalue weighted by atomic mass is 16.3. The van der Waals surface area contributed by atoms with Gasteiger partial charge < -0.3 is 5.11 Å². The standard InChI is InChI=1S/C18H20O2/c19-17(18(20)11-5-1-2-6-12-18)16-10-9-14-7-3-4-8-15(14)13-16/h3-4,7-10,13,20H,1-2,5-6,11-12H2. The number of Topliss-reactive ketones (excluding diaryl/α,β-unsaturated/α-hetero) is 1. The van der Waals surface area contributed by atoms with Crippen LogP contribution in [0.5, 0.6) is 0 Å². The maximum atomic E-state index is 12.7. The van der Waals surface area contributed by atoms with Gasteiger partial charge in [0.2, 0.25) is 0 Å². The smallest absolute Gasteiger partial charge is 0.194 e. The molecule has 20 heavy (non-hydrogen) atoms. The summed E-state index contributed by atoms with van der Waals surface area (Å²) in [6, 6.07) is 13.7. The van der Waals surface area contributed by atoms with Gasteiger partial charge in [-0.2, -0.15) is 0 Å². The van der Waals surface area contributed by atoms with Crippen LogP contribution in [-0.2, 0) is 0 Å². The summed E-state index contributed by atoms with van der Waals surface area (Å²) in [5.74, 6) is -0.106. The molecule has 1 saturated carbocycles. The van der Waals surface area contributed by atoms with Gasteiger partial charge in [-0.1, -0.05) is 62.1 Å². The number of hydrogen-bond donors (Lipinski definition) is 1. The first-order chi connectivity index (χ1) is 9.69. The van der Waals surface area contributed by atoms with Crippen LogP contribution >= 0.6 is 0 Å². The minimum Gasteiger partial charge on any atom is -0.382 e. The molecule has 1 aliphatic carbocycles. The van der Waals surface area contributed by atoms with Gasteiger partial charge in [0.25, 0.3) is 0 Å². The molecule has 0 aliphatic heterocycles. The molecule has 0 saturated heterocycles. The van der Waals surface area contributed by atoms with Crippen LogP contribution in [0.4, 0.5) is 0 Å². The molecule has 0 bridgehead atoms. The fourth-order valence-corrected chi connectivity index (χ4v) is 3.14. The van der Waals surface area contributed by atoms with E-state index in [-0.39, 0.29) is 5.78 Å². The number of aliphatic hydroxyl groups is 1. The number of hydrogen-bond acceptors (Lipinski definition) is 2. The van der Waals surface area contributed by atoms with Gasteiger partial charge in [-0.05, 0) is 29.7 Å². The average molecular weight is 268 g/mol. The zero-order valence-electron chi connectivity index (χ0n) is 11.6. The Labute approximate surface area is 119 Å². The van der Waals surface area contributed by atoms with Crippen molar-refractivity contribution >= 4 is 16.6 Å². The van der Waals surface area contributed by atoms with Crippen LogP contribution in [0.3, 0.4) is 0 Å². The van der Waals surface area contributed by atoms with Crippen molar-refractivity contribution in [1.82, 2.24) is 0 Å². The van der Waals surface area contributed by atoms with E-state index in [1.165, 1.54) is 0 Å². The summed E-state index contributed by atoms with van der Waals surface area (Å²) >= 11 is 0. The largest absolute Gasteiger partial charge is 0.382 e. The van der Waals surface area contributed by atoms with Crippen molar-refractivity contribution in [1.29, 1.82) is 0 Å². The van der Waals surface area contributed by atoms with Crippen molar-refractivity contribution in [3.63, 3.8) is 0 Å². The Balaban J connectivity index is 1.94. The lowest BCUT2D eigenvalue weighted by Gasteiger charge is -2.25. The van der Waals surface area contributed by atoms with Gasteiger partial charge >= 0.3 is 0 Å². The molecule has 0 amide bonds. The highest BCUT2D eigenvalue weighted by molar-refractivity contribution is 6.04. The summed E-state index contributed by atoms with van der Waals surface area (Å²) in [6.07, 6.45) is 5.31. The van der Waals surface area contributed by atoms with Crippen LogP contribution in [0.1, 0.15) is 48.9 Å². The maximum Gasteiger partial charge on any atom is 0.194 e. The molecule has 2 nitrogen and oxygen atoms in total. The lowest BCUT2D eigenvalue weighted by atomic mass is 9.85. The van der Waals surface area contributed by atoms with Gasteiger partial charge in [-0.3, -0.25) is 4.79 Å². The average Bonchev–Trinajstić information content (AvgIpc) is 2.72. The Morgan fingerprint density at radius 1 is 0.900 bits per heavy atom. The highest BCUT2D eigenvalue weighted by Crippen LogP contribution is 2.31. The lowest BCUT2D eigenvalue weighted by molar-refractivity contribution is 0.0238. The Bertz CT molecular complexity index is 622. The van der Waals surface area contributed by atoms with Gasteiger partial charge in [0.1, 0.15) is 5.60 Å². The number of benzene rings is 2. The fraction of sp³-hybridized carbons (Fsp3) is 0.389. The molecule has 0 heterocycles. The second-order valence-corrected chi connectivity index (χ2v) is 5.84. The van der Waals surface area contributed by atoms with E-state index in [4.69, 9.17) is 0 Å². The van der Waals surface area contributed by atoms with Crippen LogP contribution in [-0.4, -0.2) is 16.5 Å². The van der Waals surface area contributed by atoms with Crippen LogP contribution in [0.15, 0.2) is 42.5 Å². The van der Waals surface area contributed by atoms with Crippen LogP contribution in [0.25, 0.3) is 10.8 Å². The molecule has 2 heteroatoms. The third kappa shape index (κ3) is 2.48. The number of rotatable bonds is 2. The molecule has 1 N–H and O–H groups in total. The Morgan fingerprint density at radius 2 is 1.55 bits per heavy atom. The maximum absolute atomic E-state index is 12.7. The van der Waals surface area contributed by atoms with Crippen LogP contribution in [0.2, 0.25) is 0 Å². The third-order valence-corrected chi connectivity index (χ3v) is 4.37. The predicted molar refractivity (Wildman–Crippen MR) is 80.9 cm³/mol. The number of carbonyl (C=O) groups is 1. The van der Waals surface area contributed by atoms with Gasteiger partial charge in [0.05, 0.1) is 0 Å². The van der Waals surface area contributed by atoms with E-state index in [0.717, 1.165) is 36.5 Å². The monoisotopic (exact) mass is 268 g/mol. The number of ketones is 1. The van der Waals surface area contributed by atoms with Gasteiger partial charge in [0.15, 0.2) is 5.78 Å². The molecule has 0 atom stereocenters. The van der Waals surface area contributed by atoms with E-state index >= 15 is 0 Å². The van der Waals surface area contributed by atoms with Crippen LogP contribution in [0, 0.1) is 0 Å². The van der Waals surface area contributed by atoms with Crippen LogP contribution < -0.4 is 0 Å². The first-order valence-corrected chi connectivity index (χ1v) is 7.45. The molecule has 0 radical (unpaired) electrons. The number of fused-ring (bicyclic) bond motifs is 1. The van der Waals surface area contributed by atoms with Gasteiger partial charge in [-0.15, -0.1) is 0 Å². The van der Waals surface area contributed by atoms with Crippen molar-refractivity contribution in [3.8, 4) is 0 Å². The Morgan fingerprint density at radius 3 is 2.25 bits per heavy atom. The quantitative estimate of drug-likeness (QED) is 0.657. The summed E-state index contributed by atoms with van der Waals surface area (Å²) in [4.78, 5) is 12.7. The van der Waals surface area contributed by atoms with Crippen molar-refractivity contribution < 1.29 is 9.90 Å². The van der Waals surface area contributed by atoms with E-state index in [9.17, 15) is 9.90 Å². The molecule has 3 rings (SSSR count). The van der Waals surface area contributed by atoms with Crippen molar-refractivity contribution in [2.24, 2.45) is 0 Å². The molecular weight excluding hydrogens is 248 g/mol.